The molecule has 3 nitrogen and oxygen atoms in total. The van der Waals surface area contributed by atoms with E-state index in [1.165, 1.54) is 25.7 Å². The van der Waals surface area contributed by atoms with Crippen LogP contribution in [0.2, 0.25) is 0 Å². The van der Waals surface area contributed by atoms with Crippen LogP contribution in [-0.4, -0.2) is 16.3 Å². The Hall–Kier alpha value is -0.830. The molecular weight excluding hydrogens is 162 g/mol. The smallest absolute Gasteiger partial charge is 0.0489 e. The molecule has 0 amide bonds. The van der Waals surface area contributed by atoms with Gasteiger partial charge in [0, 0.05) is 18.9 Å². The van der Waals surface area contributed by atoms with E-state index in [0.29, 0.717) is 5.41 Å². The van der Waals surface area contributed by atoms with Gasteiger partial charge in [0.1, 0.15) is 0 Å². The van der Waals surface area contributed by atoms with E-state index in [2.05, 4.69) is 5.10 Å². The fourth-order valence-corrected chi connectivity index (χ4v) is 1.78. The second-order valence-electron chi connectivity index (χ2n) is 4.08. The van der Waals surface area contributed by atoms with Crippen molar-refractivity contribution >= 4 is 0 Å². The van der Waals surface area contributed by atoms with Crippen LogP contribution in [0.1, 0.15) is 25.7 Å². The molecule has 1 aromatic rings. The number of aryl methyl sites for hydroxylation is 1. The Morgan fingerprint density at radius 2 is 2.31 bits per heavy atom. The highest BCUT2D eigenvalue weighted by Crippen LogP contribution is 2.48. The van der Waals surface area contributed by atoms with Gasteiger partial charge in [-0.1, -0.05) is 0 Å². The first-order valence-electron chi connectivity index (χ1n) is 5.02. The summed E-state index contributed by atoms with van der Waals surface area (Å²) >= 11 is 0. The highest BCUT2D eigenvalue weighted by atomic mass is 15.3. The van der Waals surface area contributed by atoms with Crippen LogP contribution in [0.4, 0.5) is 0 Å². The molecule has 3 heteroatoms. The Balaban J connectivity index is 1.70. The molecule has 0 unspecified atom stereocenters. The van der Waals surface area contributed by atoms with Crippen molar-refractivity contribution in [1.29, 1.82) is 0 Å². The van der Waals surface area contributed by atoms with E-state index in [4.69, 9.17) is 5.73 Å². The summed E-state index contributed by atoms with van der Waals surface area (Å²) < 4.78 is 1.99. The third-order valence-electron chi connectivity index (χ3n) is 3.04. The van der Waals surface area contributed by atoms with E-state index in [9.17, 15) is 0 Å². The quantitative estimate of drug-likeness (QED) is 0.742. The van der Waals surface area contributed by atoms with E-state index < -0.39 is 0 Å². The van der Waals surface area contributed by atoms with Gasteiger partial charge in [0.05, 0.1) is 0 Å². The van der Waals surface area contributed by atoms with Gasteiger partial charge in [0.25, 0.3) is 0 Å². The summed E-state index contributed by atoms with van der Waals surface area (Å²) in [6.07, 6.45) is 8.99. The zero-order chi connectivity index (χ0) is 9.15. The first-order valence-corrected chi connectivity index (χ1v) is 5.02. The largest absolute Gasteiger partial charge is 0.330 e. The lowest BCUT2D eigenvalue weighted by Crippen LogP contribution is -2.16. The van der Waals surface area contributed by atoms with Gasteiger partial charge in [-0.25, -0.2) is 0 Å². The Bertz CT molecular complexity index is 249. The minimum absolute atomic E-state index is 0.521. The predicted molar refractivity (Wildman–Crippen MR) is 52.2 cm³/mol. The highest BCUT2D eigenvalue weighted by molar-refractivity contribution is 4.93. The van der Waals surface area contributed by atoms with Gasteiger partial charge in [-0.2, -0.15) is 5.10 Å². The maximum Gasteiger partial charge on any atom is 0.0489 e. The van der Waals surface area contributed by atoms with Gasteiger partial charge in [-0.3, -0.25) is 4.68 Å². The number of hydrogen-bond acceptors (Lipinski definition) is 2. The SMILES string of the molecule is NCC1(CCCn2cccn2)CC1. The van der Waals surface area contributed by atoms with Crippen molar-refractivity contribution in [3.8, 4) is 0 Å². The molecule has 0 bridgehead atoms. The molecule has 2 rings (SSSR count). The Kier molecular flexibility index (Phi) is 2.36. The third-order valence-corrected chi connectivity index (χ3v) is 3.04. The molecule has 1 aromatic heterocycles. The van der Waals surface area contributed by atoms with Crippen molar-refractivity contribution < 1.29 is 0 Å². The molecule has 1 aliphatic carbocycles. The second kappa shape index (κ2) is 3.50. The summed E-state index contributed by atoms with van der Waals surface area (Å²) in [6, 6.07) is 1.97. The zero-order valence-electron chi connectivity index (χ0n) is 7.95. The van der Waals surface area contributed by atoms with Crippen molar-refractivity contribution in [2.75, 3.05) is 6.54 Å². The maximum atomic E-state index is 5.71. The maximum absolute atomic E-state index is 5.71. The van der Waals surface area contributed by atoms with Crippen LogP contribution in [0.5, 0.6) is 0 Å². The van der Waals surface area contributed by atoms with Crippen molar-refractivity contribution in [2.45, 2.75) is 32.2 Å². The van der Waals surface area contributed by atoms with Crippen LogP contribution in [-0.2, 0) is 6.54 Å². The van der Waals surface area contributed by atoms with E-state index >= 15 is 0 Å². The summed E-state index contributed by atoms with van der Waals surface area (Å²) in [5.41, 5.74) is 6.23. The van der Waals surface area contributed by atoms with Crippen LogP contribution in [0.25, 0.3) is 0 Å². The Morgan fingerprint density at radius 1 is 1.46 bits per heavy atom. The highest BCUT2D eigenvalue weighted by Gasteiger charge is 2.40. The minimum atomic E-state index is 0.521. The van der Waals surface area contributed by atoms with E-state index in [0.717, 1.165) is 13.1 Å². The number of aromatic nitrogens is 2. The third kappa shape index (κ3) is 2.10. The average Bonchev–Trinajstić information content (AvgIpc) is 2.74. The first-order chi connectivity index (χ1) is 6.35. The van der Waals surface area contributed by atoms with Crippen LogP contribution >= 0.6 is 0 Å². The van der Waals surface area contributed by atoms with Crippen LogP contribution in [0, 0.1) is 5.41 Å². The molecule has 1 aliphatic rings. The lowest BCUT2D eigenvalue weighted by Gasteiger charge is -2.11. The molecule has 0 aliphatic heterocycles. The predicted octanol–water partition coefficient (Wildman–Crippen LogP) is 1.40. The fourth-order valence-electron chi connectivity index (χ4n) is 1.78. The molecule has 0 saturated heterocycles. The first kappa shape index (κ1) is 8.75. The normalized spacial score (nSPS) is 18.8. The molecule has 0 spiro atoms. The standard InChI is InChI=1S/C10H17N3/c11-9-10(4-5-10)3-1-7-13-8-2-6-12-13/h2,6,8H,1,3-5,7,9,11H2. The lowest BCUT2D eigenvalue weighted by molar-refractivity contribution is 0.427. The van der Waals surface area contributed by atoms with Gasteiger partial charge in [0.15, 0.2) is 0 Å². The molecule has 72 valence electrons. The summed E-state index contributed by atoms with van der Waals surface area (Å²) in [5.74, 6) is 0. The van der Waals surface area contributed by atoms with Crippen LogP contribution in [0.15, 0.2) is 18.5 Å². The molecule has 1 heterocycles. The number of nitrogens with two attached hydrogens (primary N) is 1. The fraction of sp³-hybridized carbons (Fsp3) is 0.700. The molecule has 13 heavy (non-hydrogen) atoms. The van der Waals surface area contributed by atoms with Crippen molar-refractivity contribution in [3.05, 3.63) is 18.5 Å². The van der Waals surface area contributed by atoms with Gasteiger partial charge < -0.3 is 5.73 Å². The van der Waals surface area contributed by atoms with Gasteiger partial charge in [-0.05, 0) is 43.7 Å². The molecular formula is C10H17N3. The van der Waals surface area contributed by atoms with Crippen molar-refractivity contribution in [1.82, 2.24) is 9.78 Å². The number of hydrogen-bond donors (Lipinski definition) is 1. The lowest BCUT2D eigenvalue weighted by atomic mass is 10.0. The minimum Gasteiger partial charge on any atom is -0.330 e. The number of nitrogens with zero attached hydrogens (tertiary/aromatic N) is 2. The van der Waals surface area contributed by atoms with Crippen molar-refractivity contribution in [2.24, 2.45) is 11.1 Å². The van der Waals surface area contributed by atoms with Crippen molar-refractivity contribution in [3.63, 3.8) is 0 Å². The second-order valence-corrected chi connectivity index (χ2v) is 4.08. The molecule has 0 radical (unpaired) electrons. The van der Waals surface area contributed by atoms with Gasteiger partial charge in [-0.15, -0.1) is 0 Å². The van der Waals surface area contributed by atoms with Gasteiger partial charge in [0.2, 0.25) is 0 Å². The van der Waals surface area contributed by atoms with Crippen LogP contribution < -0.4 is 5.73 Å². The monoisotopic (exact) mass is 179 g/mol. The van der Waals surface area contributed by atoms with Crippen LogP contribution in [0.3, 0.4) is 0 Å². The van der Waals surface area contributed by atoms with E-state index in [-0.39, 0.29) is 0 Å². The summed E-state index contributed by atoms with van der Waals surface area (Å²) in [6.45, 7) is 1.90. The van der Waals surface area contributed by atoms with E-state index in [1.807, 2.05) is 23.1 Å². The molecule has 2 N–H and O–H groups in total. The summed E-state index contributed by atoms with van der Waals surface area (Å²) in [4.78, 5) is 0. The average molecular weight is 179 g/mol. The summed E-state index contributed by atoms with van der Waals surface area (Å²) in [7, 11) is 0. The topological polar surface area (TPSA) is 43.8 Å². The van der Waals surface area contributed by atoms with E-state index in [1.54, 1.807) is 0 Å². The molecule has 1 fully saturated rings. The summed E-state index contributed by atoms with van der Waals surface area (Å²) in [5, 5.41) is 4.17. The molecule has 0 aromatic carbocycles. The zero-order valence-corrected chi connectivity index (χ0v) is 7.95. The molecule has 0 atom stereocenters. The van der Waals surface area contributed by atoms with Gasteiger partial charge >= 0.3 is 0 Å². The molecule has 1 saturated carbocycles. The number of rotatable bonds is 5. The Labute approximate surface area is 78.9 Å². The Morgan fingerprint density at radius 3 is 2.85 bits per heavy atom.